The number of nitrogens with zero attached hydrogens (tertiary/aromatic N) is 4. The summed E-state index contributed by atoms with van der Waals surface area (Å²) >= 11 is 6.24. The molecule has 2 aromatic heterocycles. The second-order valence-electron chi connectivity index (χ2n) is 12.5. The zero-order chi connectivity index (χ0) is 26.9. The van der Waals surface area contributed by atoms with E-state index < -0.39 is 5.60 Å². The average Bonchev–Trinajstić information content (AvgIpc) is 2.85. The second-order valence-corrected chi connectivity index (χ2v) is 12.9. The third-order valence-corrected chi connectivity index (χ3v) is 8.89. The molecule has 9 heteroatoms. The predicted octanol–water partition coefficient (Wildman–Crippen LogP) is 5.99. The molecule has 2 heterocycles. The highest BCUT2D eigenvalue weighted by Gasteiger charge is 2.54. The van der Waals surface area contributed by atoms with Crippen LogP contribution in [0.3, 0.4) is 0 Å². The molecule has 38 heavy (non-hydrogen) atoms. The summed E-state index contributed by atoms with van der Waals surface area (Å²) < 4.78 is 5.57. The van der Waals surface area contributed by atoms with Crippen LogP contribution >= 0.6 is 11.6 Å². The van der Waals surface area contributed by atoms with Crippen LogP contribution in [-0.2, 0) is 16.1 Å². The van der Waals surface area contributed by atoms with Crippen molar-refractivity contribution in [2.45, 2.75) is 77.9 Å². The number of carbonyl (C=O) groups excluding carboxylic acids is 1. The SMILES string of the molecule is CC(C)(C)OC(=O)CCC1[C@@H]2CC3C[C@H]1CC(CNc1nc(NCc4cnccc4Cl)ncc1C#N)(C3)C2. The summed E-state index contributed by atoms with van der Waals surface area (Å²) in [4.78, 5) is 25.4. The molecule has 0 amide bonds. The molecule has 0 aliphatic heterocycles. The van der Waals surface area contributed by atoms with Gasteiger partial charge in [0.15, 0.2) is 0 Å². The number of halogens is 1. The maximum absolute atomic E-state index is 12.4. The first kappa shape index (κ1) is 26.7. The first-order valence-electron chi connectivity index (χ1n) is 13.7. The first-order valence-corrected chi connectivity index (χ1v) is 14.1. The second kappa shape index (κ2) is 10.7. The van der Waals surface area contributed by atoms with Crippen LogP contribution in [0.5, 0.6) is 0 Å². The smallest absolute Gasteiger partial charge is 0.306 e. The van der Waals surface area contributed by atoms with Gasteiger partial charge in [-0.3, -0.25) is 9.78 Å². The monoisotopic (exact) mass is 536 g/mol. The highest BCUT2D eigenvalue weighted by atomic mass is 35.5. The van der Waals surface area contributed by atoms with Crippen LogP contribution < -0.4 is 10.6 Å². The van der Waals surface area contributed by atoms with Gasteiger partial charge in [-0.05, 0) is 94.4 Å². The molecule has 4 fully saturated rings. The van der Waals surface area contributed by atoms with Crippen molar-refractivity contribution in [3.05, 3.63) is 40.8 Å². The van der Waals surface area contributed by atoms with Gasteiger partial charge in [0.25, 0.3) is 0 Å². The Kier molecular flexibility index (Phi) is 7.50. The van der Waals surface area contributed by atoms with Gasteiger partial charge < -0.3 is 15.4 Å². The van der Waals surface area contributed by atoms with Crippen molar-refractivity contribution < 1.29 is 9.53 Å². The van der Waals surface area contributed by atoms with Crippen LogP contribution in [-0.4, -0.2) is 33.1 Å². The van der Waals surface area contributed by atoms with E-state index in [0.29, 0.717) is 53.1 Å². The number of ether oxygens (including phenoxy) is 1. The van der Waals surface area contributed by atoms with E-state index in [9.17, 15) is 10.1 Å². The van der Waals surface area contributed by atoms with Crippen LogP contribution in [0, 0.1) is 40.4 Å². The van der Waals surface area contributed by atoms with Crippen LogP contribution in [0.25, 0.3) is 0 Å². The van der Waals surface area contributed by atoms with E-state index in [1.165, 1.54) is 32.1 Å². The number of pyridine rings is 1. The van der Waals surface area contributed by atoms with Gasteiger partial charge in [0, 0.05) is 42.5 Å². The van der Waals surface area contributed by atoms with Crippen LogP contribution in [0.4, 0.5) is 11.8 Å². The minimum atomic E-state index is -0.429. The molecule has 4 aliphatic carbocycles. The van der Waals surface area contributed by atoms with Gasteiger partial charge in [0.1, 0.15) is 23.1 Å². The summed E-state index contributed by atoms with van der Waals surface area (Å²) in [5.41, 5.74) is 1.08. The number of carbonyl (C=O) groups is 1. The third kappa shape index (κ3) is 6.04. The van der Waals surface area contributed by atoms with Gasteiger partial charge >= 0.3 is 5.97 Å². The molecule has 4 bridgehead atoms. The standard InChI is InChI=1S/C29H37ClN6O2/c1-28(2,3)38-25(37)5-4-23-19-8-18-9-20(23)12-29(10-18,11-19)17-35-26-21(13-31)15-33-27(36-26)34-16-22-14-32-7-6-24(22)30/h6-7,14-15,18-20,23H,4-5,8-12,16-17H2,1-3H3,(H2,33,34,35,36)/t18?,19-,20+,23?,29?. The van der Waals surface area contributed by atoms with Crippen molar-refractivity contribution in [1.82, 2.24) is 15.0 Å². The van der Waals surface area contributed by atoms with E-state index in [1.54, 1.807) is 24.7 Å². The Balaban J connectivity index is 1.21. The minimum Gasteiger partial charge on any atom is -0.460 e. The molecule has 4 aliphatic rings. The summed E-state index contributed by atoms with van der Waals surface area (Å²) in [5.74, 6) is 3.62. The summed E-state index contributed by atoms with van der Waals surface area (Å²) in [6.07, 6.45) is 12.5. The normalized spacial score (nSPS) is 27.6. The molecular formula is C29H37ClN6O2. The summed E-state index contributed by atoms with van der Waals surface area (Å²) in [7, 11) is 0. The van der Waals surface area contributed by atoms with Crippen molar-refractivity contribution in [3.63, 3.8) is 0 Å². The molecule has 5 atom stereocenters. The van der Waals surface area contributed by atoms with Crippen molar-refractivity contribution in [3.8, 4) is 6.07 Å². The number of nitrogens with one attached hydrogen (secondary N) is 2. The lowest BCUT2D eigenvalue weighted by Gasteiger charge is -2.60. The molecule has 202 valence electrons. The largest absolute Gasteiger partial charge is 0.460 e. The fourth-order valence-electron chi connectivity index (χ4n) is 7.33. The molecule has 0 radical (unpaired) electrons. The fourth-order valence-corrected chi connectivity index (χ4v) is 7.50. The zero-order valence-electron chi connectivity index (χ0n) is 22.5. The van der Waals surface area contributed by atoms with E-state index >= 15 is 0 Å². The number of rotatable bonds is 9. The molecule has 8 nitrogen and oxygen atoms in total. The van der Waals surface area contributed by atoms with Gasteiger partial charge in [0.05, 0.1) is 6.20 Å². The van der Waals surface area contributed by atoms with Crippen LogP contribution in [0.15, 0.2) is 24.7 Å². The lowest BCUT2D eigenvalue weighted by atomic mass is 9.45. The number of anilines is 2. The van der Waals surface area contributed by atoms with E-state index in [1.807, 2.05) is 20.8 Å². The highest BCUT2D eigenvalue weighted by molar-refractivity contribution is 6.31. The van der Waals surface area contributed by atoms with E-state index in [0.717, 1.165) is 24.4 Å². The molecule has 6 rings (SSSR count). The number of hydrogen-bond donors (Lipinski definition) is 2. The Bertz CT molecular complexity index is 1210. The fraction of sp³-hybridized carbons (Fsp3) is 0.621. The van der Waals surface area contributed by atoms with E-state index in [-0.39, 0.29) is 11.4 Å². The zero-order valence-corrected chi connectivity index (χ0v) is 23.2. The molecule has 0 saturated heterocycles. The van der Waals surface area contributed by atoms with Crippen molar-refractivity contribution >= 4 is 29.3 Å². The van der Waals surface area contributed by atoms with Gasteiger partial charge in [-0.1, -0.05) is 11.6 Å². The molecule has 4 saturated carbocycles. The molecule has 3 unspecified atom stereocenters. The minimum absolute atomic E-state index is 0.0781. The quantitative estimate of drug-likeness (QED) is 0.376. The van der Waals surface area contributed by atoms with Crippen molar-refractivity contribution in [2.24, 2.45) is 29.1 Å². The maximum Gasteiger partial charge on any atom is 0.306 e. The Morgan fingerprint density at radius 2 is 1.97 bits per heavy atom. The van der Waals surface area contributed by atoms with Gasteiger partial charge in [-0.25, -0.2) is 4.98 Å². The maximum atomic E-state index is 12.4. The number of esters is 1. The number of aromatic nitrogens is 3. The van der Waals surface area contributed by atoms with Gasteiger partial charge in [0.2, 0.25) is 5.95 Å². The lowest BCUT2D eigenvalue weighted by Crippen LogP contribution is -2.53. The molecule has 2 N–H and O–H groups in total. The molecule has 0 spiro atoms. The summed E-state index contributed by atoms with van der Waals surface area (Å²) in [5, 5.41) is 17.0. The molecule has 2 aromatic rings. The number of nitriles is 1. The summed E-state index contributed by atoms with van der Waals surface area (Å²) in [6.45, 7) is 7.02. The molecule has 0 aromatic carbocycles. The highest BCUT2D eigenvalue weighted by Crippen LogP contribution is 2.63. The van der Waals surface area contributed by atoms with Crippen LogP contribution in [0.1, 0.15) is 76.8 Å². The predicted molar refractivity (Wildman–Crippen MR) is 146 cm³/mol. The Hall–Kier alpha value is -2.92. The summed E-state index contributed by atoms with van der Waals surface area (Å²) in [6, 6.07) is 3.97. The first-order chi connectivity index (χ1) is 18.1. The third-order valence-electron chi connectivity index (χ3n) is 8.52. The topological polar surface area (TPSA) is 113 Å². The molecular weight excluding hydrogens is 500 g/mol. The Morgan fingerprint density at radius 3 is 2.66 bits per heavy atom. The van der Waals surface area contributed by atoms with Crippen molar-refractivity contribution in [1.29, 1.82) is 5.26 Å². The van der Waals surface area contributed by atoms with Crippen molar-refractivity contribution in [2.75, 3.05) is 17.2 Å². The van der Waals surface area contributed by atoms with Gasteiger partial charge in [-0.2, -0.15) is 10.2 Å². The average molecular weight is 537 g/mol. The Labute approximate surface area is 229 Å². The van der Waals surface area contributed by atoms with E-state index in [2.05, 4.69) is 31.7 Å². The Morgan fingerprint density at radius 1 is 1.21 bits per heavy atom. The lowest BCUT2D eigenvalue weighted by molar-refractivity contribution is -0.156. The van der Waals surface area contributed by atoms with Crippen LogP contribution in [0.2, 0.25) is 5.02 Å². The number of hydrogen-bond acceptors (Lipinski definition) is 8. The van der Waals surface area contributed by atoms with E-state index in [4.69, 9.17) is 16.3 Å². The van der Waals surface area contributed by atoms with Gasteiger partial charge in [-0.15, -0.1) is 0 Å².